The van der Waals surface area contributed by atoms with Crippen LogP contribution in [0.3, 0.4) is 0 Å². The molecule has 2 heterocycles. The second-order valence-electron chi connectivity index (χ2n) is 18.5. The maximum absolute atomic E-state index is 13.5. The maximum atomic E-state index is 13.5. The fourth-order valence-electron chi connectivity index (χ4n) is 7.52. The van der Waals surface area contributed by atoms with Gasteiger partial charge in [-0.15, -0.1) is 0 Å². The van der Waals surface area contributed by atoms with Gasteiger partial charge in [0.2, 0.25) is 0 Å². The van der Waals surface area contributed by atoms with Crippen LogP contribution in [-0.4, -0.2) is 72.5 Å². The molecule has 0 radical (unpaired) electrons. The quantitative estimate of drug-likeness (QED) is 0.0655. The van der Waals surface area contributed by atoms with Crippen molar-refractivity contribution in [3.05, 3.63) is 64.2 Å². The molecule has 14 heteroatoms. The van der Waals surface area contributed by atoms with Gasteiger partial charge in [-0.25, -0.2) is 9.46 Å². The van der Waals surface area contributed by atoms with Gasteiger partial charge >= 0.3 is 17.9 Å². The van der Waals surface area contributed by atoms with Crippen LogP contribution in [-0.2, 0) is 28.1 Å². The summed E-state index contributed by atoms with van der Waals surface area (Å²) >= 11 is 0. The van der Waals surface area contributed by atoms with Crippen LogP contribution < -0.4 is 14.8 Å². The zero-order valence-electron chi connectivity index (χ0n) is 37.6. The Hall–Kier alpha value is -4.34. The molecule has 1 fully saturated rings. The fraction of sp³-hybridized carbons (Fsp3) is 0.596. The lowest BCUT2D eigenvalue weighted by Gasteiger charge is -2.39. The van der Waals surface area contributed by atoms with E-state index in [1.165, 1.54) is 0 Å². The Bertz CT molecular complexity index is 1980. The minimum Gasteiger partial charge on any atom is -0.485 e. The fourth-order valence-corrected chi connectivity index (χ4v) is 9.15. The SMILES string of the molecule is CC(C)N(C(C)C)P(OCCC#N)OCCCCCCNC(=O)c1ccc2c(c1)C(C1=C3CCC(OC(=O)C(C)(C)C)CC3Oc3cc(OC(=O)C(C)(C)C)ccc31)OC2=O. The lowest BCUT2D eigenvalue weighted by atomic mass is 9.79. The van der Waals surface area contributed by atoms with E-state index in [0.717, 1.165) is 36.8 Å². The average molecular weight is 862 g/mol. The number of amides is 1. The first-order chi connectivity index (χ1) is 28.8. The van der Waals surface area contributed by atoms with Crippen molar-refractivity contribution in [1.29, 1.82) is 5.26 Å². The number of cyclic esters (lactones) is 1. The second-order valence-corrected chi connectivity index (χ2v) is 20.0. The topological polar surface area (TPSA) is 163 Å². The average Bonchev–Trinajstić information content (AvgIpc) is 3.51. The van der Waals surface area contributed by atoms with Gasteiger partial charge in [0.1, 0.15) is 23.7 Å². The van der Waals surface area contributed by atoms with Gasteiger partial charge in [-0.1, -0.05) is 12.8 Å². The van der Waals surface area contributed by atoms with Crippen LogP contribution in [0.4, 0.5) is 0 Å². The second kappa shape index (κ2) is 20.7. The van der Waals surface area contributed by atoms with Gasteiger partial charge in [0.15, 0.2) is 6.10 Å². The molecular formula is C47H64N3O10P. The molecule has 4 atom stereocenters. The van der Waals surface area contributed by atoms with Crippen molar-refractivity contribution in [1.82, 2.24) is 9.99 Å². The summed E-state index contributed by atoms with van der Waals surface area (Å²) in [4.78, 5) is 52.6. The number of ether oxygens (including phenoxy) is 4. The van der Waals surface area contributed by atoms with E-state index in [0.29, 0.717) is 79.2 Å². The number of nitrogens with zero attached hydrogens (tertiary/aromatic N) is 2. The summed E-state index contributed by atoms with van der Waals surface area (Å²) in [6.07, 6.45) is 3.55. The number of esters is 3. The summed E-state index contributed by atoms with van der Waals surface area (Å²) in [6.45, 7) is 20.6. The van der Waals surface area contributed by atoms with Crippen molar-refractivity contribution in [2.45, 2.75) is 151 Å². The van der Waals surface area contributed by atoms with Crippen LogP contribution in [0.1, 0.15) is 159 Å². The number of hydrogen-bond donors (Lipinski definition) is 1. The van der Waals surface area contributed by atoms with E-state index in [9.17, 15) is 19.2 Å². The highest BCUT2D eigenvalue weighted by molar-refractivity contribution is 7.44. The molecule has 1 aliphatic carbocycles. The monoisotopic (exact) mass is 861 g/mol. The number of carbonyl (C=O) groups is 4. The van der Waals surface area contributed by atoms with E-state index in [4.69, 9.17) is 33.3 Å². The standard InChI is InChI=1S/C47H64N3O10P/c1-29(2)50(30(3)4)61(56-25-15-22-48)55-24-14-12-11-13-23-49-42(51)31-16-19-34-37(26-31)41(60-43(34)52)40-35-20-17-32(57-44(53)46(5,6)7)27-38(35)59-39-28-33(18-21-36(39)40)58-45(54)47(8,9)10/h16-17,19-20,26-27,29-30,33,39,41H,11-15,18,21,23-25,28H2,1-10H3,(H,49,51). The number of nitriles is 1. The molecule has 0 saturated heterocycles. The molecule has 1 amide bonds. The lowest BCUT2D eigenvalue weighted by Crippen LogP contribution is -2.38. The number of benzene rings is 2. The molecule has 61 heavy (non-hydrogen) atoms. The molecule has 0 bridgehead atoms. The van der Waals surface area contributed by atoms with E-state index in [-0.39, 0.29) is 30.1 Å². The Morgan fingerprint density at radius 2 is 1.56 bits per heavy atom. The van der Waals surface area contributed by atoms with Crippen molar-refractivity contribution in [2.24, 2.45) is 10.8 Å². The summed E-state index contributed by atoms with van der Waals surface area (Å²) in [7, 11) is -1.27. The summed E-state index contributed by atoms with van der Waals surface area (Å²) in [5.74, 6) is -0.659. The molecule has 0 spiro atoms. The molecule has 2 aromatic rings. The van der Waals surface area contributed by atoms with E-state index in [2.05, 4.69) is 43.8 Å². The molecule has 332 valence electrons. The van der Waals surface area contributed by atoms with Crippen molar-refractivity contribution in [3.8, 4) is 17.6 Å². The molecule has 3 aliphatic rings. The predicted octanol–water partition coefficient (Wildman–Crippen LogP) is 9.79. The number of fused-ring (bicyclic) bond motifs is 3. The van der Waals surface area contributed by atoms with Crippen LogP contribution in [0.25, 0.3) is 5.57 Å². The van der Waals surface area contributed by atoms with Gasteiger partial charge in [0.25, 0.3) is 14.4 Å². The minimum atomic E-state index is -1.27. The number of carbonyl (C=O) groups excluding carboxylic acids is 4. The van der Waals surface area contributed by atoms with Crippen LogP contribution in [0.5, 0.6) is 11.5 Å². The number of nitrogens with one attached hydrogen (secondary N) is 1. The largest absolute Gasteiger partial charge is 0.485 e. The van der Waals surface area contributed by atoms with E-state index in [1.807, 2.05) is 26.8 Å². The van der Waals surface area contributed by atoms with Crippen molar-refractivity contribution < 1.29 is 47.2 Å². The van der Waals surface area contributed by atoms with Gasteiger partial charge in [0.05, 0.1) is 42.1 Å². The number of hydrogen-bond acceptors (Lipinski definition) is 12. The van der Waals surface area contributed by atoms with Gasteiger partial charge in [-0.05, 0) is 131 Å². The Morgan fingerprint density at radius 1 is 0.885 bits per heavy atom. The number of rotatable bonds is 18. The van der Waals surface area contributed by atoms with E-state index in [1.54, 1.807) is 51.1 Å². The summed E-state index contributed by atoms with van der Waals surface area (Å²) in [5.41, 5.74) is 2.37. The molecule has 2 aliphatic heterocycles. The third-order valence-corrected chi connectivity index (χ3v) is 12.8. The van der Waals surface area contributed by atoms with Gasteiger partial charge in [-0.3, -0.25) is 14.4 Å². The summed E-state index contributed by atoms with van der Waals surface area (Å²) in [6, 6.07) is 12.8. The maximum Gasteiger partial charge on any atom is 0.339 e. The Morgan fingerprint density at radius 3 is 2.23 bits per heavy atom. The van der Waals surface area contributed by atoms with Gasteiger partial charge < -0.3 is 33.3 Å². The summed E-state index contributed by atoms with van der Waals surface area (Å²) < 4.78 is 38.7. The van der Waals surface area contributed by atoms with Crippen molar-refractivity contribution >= 4 is 37.9 Å². The first kappa shape index (κ1) is 47.7. The van der Waals surface area contributed by atoms with Crippen LogP contribution >= 0.6 is 8.53 Å². The molecule has 5 rings (SSSR count). The first-order valence-electron chi connectivity index (χ1n) is 21.6. The smallest absolute Gasteiger partial charge is 0.339 e. The Labute approximate surface area is 362 Å². The van der Waals surface area contributed by atoms with Gasteiger partial charge in [0, 0.05) is 53.4 Å². The van der Waals surface area contributed by atoms with Crippen LogP contribution in [0.2, 0.25) is 0 Å². The minimum absolute atomic E-state index is 0.240. The molecule has 1 N–H and O–H groups in total. The molecule has 2 aromatic carbocycles. The lowest BCUT2D eigenvalue weighted by molar-refractivity contribution is -0.160. The highest BCUT2D eigenvalue weighted by atomic mass is 31.2. The van der Waals surface area contributed by atoms with Crippen LogP contribution in [0.15, 0.2) is 42.0 Å². The highest BCUT2D eigenvalue weighted by Crippen LogP contribution is 2.52. The third kappa shape index (κ3) is 12.2. The molecule has 13 nitrogen and oxygen atoms in total. The van der Waals surface area contributed by atoms with Crippen molar-refractivity contribution in [2.75, 3.05) is 19.8 Å². The first-order valence-corrected chi connectivity index (χ1v) is 22.7. The van der Waals surface area contributed by atoms with Crippen LogP contribution in [0, 0.1) is 22.2 Å². The van der Waals surface area contributed by atoms with Gasteiger partial charge in [-0.2, -0.15) is 5.26 Å². The number of unbranched alkanes of at least 4 members (excludes halogenated alkanes) is 3. The third-order valence-electron chi connectivity index (χ3n) is 10.7. The predicted molar refractivity (Wildman–Crippen MR) is 233 cm³/mol. The van der Waals surface area contributed by atoms with Crippen molar-refractivity contribution in [3.63, 3.8) is 0 Å². The normalized spacial score (nSPS) is 19.1. The molecule has 1 saturated carbocycles. The summed E-state index contributed by atoms with van der Waals surface area (Å²) in [5, 5.41) is 12.0. The Balaban J connectivity index is 1.27. The molecule has 0 aromatic heterocycles. The van der Waals surface area contributed by atoms with E-state index < -0.39 is 43.5 Å². The zero-order valence-corrected chi connectivity index (χ0v) is 38.4. The van der Waals surface area contributed by atoms with E-state index >= 15 is 0 Å². The molecule has 4 unspecified atom stereocenters. The zero-order chi connectivity index (χ0) is 44.6. The Kier molecular flexibility index (Phi) is 16.2. The molecular weight excluding hydrogens is 798 g/mol. The highest BCUT2D eigenvalue weighted by Gasteiger charge is 2.44.